The molecule has 3 rings (SSSR count). The molecule has 0 aliphatic heterocycles. The van der Waals surface area contributed by atoms with Gasteiger partial charge < -0.3 is 5.32 Å². The molecular formula is C20H27N5O2S. The molecule has 0 bridgehead atoms. The summed E-state index contributed by atoms with van der Waals surface area (Å²) in [5.74, 6) is 0.766. The third-order valence-electron chi connectivity index (χ3n) is 4.67. The van der Waals surface area contributed by atoms with E-state index < -0.39 is 0 Å². The predicted molar refractivity (Wildman–Crippen MR) is 113 cm³/mol. The molecule has 3 aromatic rings. The van der Waals surface area contributed by atoms with Gasteiger partial charge >= 0.3 is 0 Å². The standard InChI is InChI=1S/C20H27N5O2S/c1-4-6-12-24-18(27)15-10-7-8-11-16(15)25-19(24)22-23-20(25)28-13-17(26)21-14(3)9-5-2/h7-8,10-11,14H,4-6,9,12-13H2,1-3H3,(H,21,26). The van der Waals surface area contributed by atoms with Crippen molar-refractivity contribution in [1.29, 1.82) is 0 Å². The van der Waals surface area contributed by atoms with Gasteiger partial charge in [0.05, 0.1) is 16.7 Å². The number of carbonyl (C=O) groups is 1. The van der Waals surface area contributed by atoms with E-state index in [0.717, 1.165) is 31.2 Å². The lowest BCUT2D eigenvalue weighted by Crippen LogP contribution is -2.33. The molecule has 1 aromatic carbocycles. The van der Waals surface area contributed by atoms with Crippen LogP contribution in [0.15, 0.2) is 34.2 Å². The monoisotopic (exact) mass is 401 g/mol. The minimum absolute atomic E-state index is 0.0219. The number of amides is 1. The number of unbranched alkanes of at least 4 members (excludes halogenated alkanes) is 1. The Hall–Kier alpha value is -2.35. The summed E-state index contributed by atoms with van der Waals surface area (Å²) in [7, 11) is 0. The van der Waals surface area contributed by atoms with Crippen molar-refractivity contribution < 1.29 is 4.79 Å². The van der Waals surface area contributed by atoms with Crippen LogP contribution in [0.2, 0.25) is 0 Å². The third-order valence-corrected chi connectivity index (χ3v) is 5.60. The number of aryl methyl sites for hydroxylation is 1. The van der Waals surface area contributed by atoms with Crippen LogP contribution in [0.5, 0.6) is 0 Å². The number of nitrogens with one attached hydrogen (secondary N) is 1. The molecule has 1 unspecified atom stereocenters. The fourth-order valence-corrected chi connectivity index (χ4v) is 4.05. The first-order chi connectivity index (χ1) is 13.6. The summed E-state index contributed by atoms with van der Waals surface area (Å²) < 4.78 is 3.58. The third kappa shape index (κ3) is 4.22. The molecule has 150 valence electrons. The second-order valence-electron chi connectivity index (χ2n) is 6.99. The Morgan fingerprint density at radius 2 is 2.00 bits per heavy atom. The van der Waals surface area contributed by atoms with Crippen LogP contribution in [0.3, 0.4) is 0 Å². The Morgan fingerprint density at radius 1 is 1.21 bits per heavy atom. The number of aromatic nitrogens is 4. The fraction of sp³-hybridized carbons (Fsp3) is 0.500. The number of hydrogen-bond donors (Lipinski definition) is 1. The van der Waals surface area contributed by atoms with Gasteiger partial charge in [-0.05, 0) is 31.9 Å². The number of thioether (sulfide) groups is 1. The minimum Gasteiger partial charge on any atom is -0.353 e. The van der Waals surface area contributed by atoms with Gasteiger partial charge in [-0.25, -0.2) is 0 Å². The number of hydrogen-bond acceptors (Lipinski definition) is 5. The van der Waals surface area contributed by atoms with Crippen LogP contribution in [-0.4, -0.2) is 36.9 Å². The Labute approximate surface area is 168 Å². The second-order valence-corrected chi connectivity index (χ2v) is 7.93. The summed E-state index contributed by atoms with van der Waals surface area (Å²) in [6.45, 7) is 6.80. The molecule has 1 N–H and O–H groups in total. The van der Waals surface area contributed by atoms with Crippen molar-refractivity contribution in [3.63, 3.8) is 0 Å². The predicted octanol–water partition coefficient (Wildman–Crippen LogP) is 3.24. The molecule has 1 amide bonds. The van der Waals surface area contributed by atoms with Crippen LogP contribution in [-0.2, 0) is 11.3 Å². The van der Waals surface area contributed by atoms with E-state index in [4.69, 9.17) is 0 Å². The Bertz CT molecular complexity index is 1030. The van der Waals surface area contributed by atoms with Gasteiger partial charge in [0.25, 0.3) is 5.56 Å². The Balaban J connectivity index is 1.95. The maximum atomic E-state index is 12.9. The quantitative estimate of drug-likeness (QED) is 0.557. The molecule has 2 heterocycles. The van der Waals surface area contributed by atoms with Crippen molar-refractivity contribution in [3.8, 4) is 0 Å². The lowest BCUT2D eigenvalue weighted by Gasteiger charge is -2.12. The zero-order chi connectivity index (χ0) is 20.1. The number of rotatable bonds is 9. The summed E-state index contributed by atoms with van der Waals surface area (Å²) in [4.78, 5) is 25.2. The van der Waals surface area contributed by atoms with Gasteiger partial charge in [-0.3, -0.25) is 18.6 Å². The van der Waals surface area contributed by atoms with E-state index in [1.54, 1.807) is 4.57 Å². The molecule has 8 heteroatoms. The van der Waals surface area contributed by atoms with Gasteiger partial charge in [-0.1, -0.05) is 50.6 Å². The molecule has 2 aromatic heterocycles. The van der Waals surface area contributed by atoms with Gasteiger partial charge in [0.1, 0.15) is 0 Å². The molecular weight excluding hydrogens is 374 g/mol. The van der Waals surface area contributed by atoms with Crippen LogP contribution in [0.4, 0.5) is 0 Å². The van der Waals surface area contributed by atoms with Crippen LogP contribution in [0.1, 0.15) is 46.5 Å². The zero-order valence-corrected chi connectivity index (χ0v) is 17.5. The van der Waals surface area contributed by atoms with Crippen molar-refractivity contribution in [2.24, 2.45) is 0 Å². The van der Waals surface area contributed by atoms with Crippen molar-refractivity contribution in [2.45, 2.75) is 64.2 Å². The smallest absolute Gasteiger partial charge is 0.262 e. The van der Waals surface area contributed by atoms with Crippen LogP contribution in [0, 0.1) is 0 Å². The molecule has 0 aliphatic carbocycles. The normalized spacial score (nSPS) is 12.5. The lowest BCUT2D eigenvalue weighted by atomic mass is 10.2. The summed E-state index contributed by atoms with van der Waals surface area (Å²) in [5.41, 5.74) is 0.717. The van der Waals surface area contributed by atoms with Crippen molar-refractivity contribution in [3.05, 3.63) is 34.6 Å². The van der Waals surface area contributed by atoms with Crippen LogP contribution in [0.25, 0.3) is 16.7 Å². The van der Waals surface area contributed by atoms with Crippen LogP contribution < -0.4 is 10.9 Å². The van der Waals surface area contributed by atoms with E-state index in [1.165, 1.54) is 11.8 Å². The van der Waals surface area contributed by atoms with Gasteiger partial charge in [0, 0.05) is 12.6 Å². The van der Waals surface area contributed by atoms with E-state index in [-0.39, 0.29) is 23.3 Å². The summed E-state index contributed by atoms with van der Waals surface area (Å²) in [6.07, 6.45) is 3.86. The van der Waals surface area contributed by atoms with Gasteiger partial charge in [-0.15, -0.1) is 10.2 Å². The second kappa shape index (κ2) is 9.23. The van der Waals surface area contributed by atoms with Gasteiger partial charge in [0.15, 0.2) is 5.16 Å². The molecule has 0 saturated carbocycles. The average Bonchev–Trinajstić information content (AvgIpc) is 3.10. The minimum atomic E-state index is -0.0494. The van der Waals surface area contributed by atoms with Crippen molar-refractivity contribution in [2.75, 3.05) is 5.75 Å². The first-order valence-electron chi connectivity index (χ1n) is 9.85. The van der Waals surface area contributed by atoms with Crippen molar-refractivity contribution in [1.82, 2.24) is 24.5 Å². The van der Waals surface area contributed by atoms with Crippen molar-refractivity contribution >= 4 is 34.3 Å². The topological polar surface area (TPSA) is 81.3 Å². The highest BCUT2D eigenvalue weighted by Gasteiger charge is 2.17. The summed E-state index contributed by atoms with van der Waals surface area (Å²) >= 11 is 1.34. The van der Waals surface area contributed by atoms with Crippen LogP contribution >= 0.6 is 11.8 Å². The highest BCUT2D eigenvalue weighted by atomic mass is 32.2. The molecule has 0 saturated heterocycles. The van der Waals surface area contributed by atoms with E-state index in [2.05, 4.69) is 29.4 Å². The van der Waals surface area contributed by atoms with E-state index >= 15 is 0 Å². The SMILES string of the molecule is CCCCn1c(=O)c2ccccc2n2c(SCC(=O)NC(C)CCC)nnc12. The summed E-state index contributed by atoms with van der Waals surface area (Å²) in [5, 5.41) is 12.8. The van der Waals surface area contributed by atoms with E-state index in [9.17, 15) is 9.59 Å². The number of nitrogens with zero attached hydrogens (tertiary/aromatic N) is 4. The Kier molecular flexibility index (Phi) is 6.72. The Morgan fingerprint density at radius 3 is 2.75 bits per heavy atom. The fourth-order valence-electron chi connectivity index (χ4n) is 3.30. The number of carbonyl (C=O) groups excluding carboxylic acids is 1. The molecule has 0 fully saturated rings. The highest BCUT2D eigenvalue weighted by molar-refractivity contribution is 7.99. The summed E-state index contributed by atoms with van der Waals surface area (Å²) in [6, 6.07) is 7.64. The average molecular weight is 402 g/mol. The number of benzene rings is 1. The van der Waals surface area contributed by atoms with E-state index in [0.29, 0.717) is 22.9 Å². The molecule has 0 radical (unpaired) electrons. The lowest BCUT2D eigenvalue weighted by molar-refractivity contribution is -0.119. The van der Waals surface area contributed by atoms with E-state index in [1.807, 2.05) is 35.6 Å². The molecule has 1 atom stereocenters. The maximum Gasteiger partial charge on any atom is 0.262 e. The molecule has 7 nitrogen and oxygen atoms in total. The first-order valence-corrected chi connectivity index (χ1v) is 10.8. The highest BCUT2D eigenvalue weighted by Crippen LogP contribution is 2.21. The largest absolute Gasteiger partial charge is 0.353 e. The number of fused-ring (bicyclic) bond motifs is 3. The zero-order valence-electron chi connectivity index (χ0n) is 16.6. The number of para-hydroxylation sites is 1. The van der Waals surface area contributed by atoms with Gasteiger partial charge in [-0.2, -0.15) is 0 Å². The maximum absolute atomic E-state index is 12.9. The molecule has 0 aliphatic rings. The molecule has 0 spiro atoms. The molecule has 28 heavy (non-hydrogen) atoms. The first kappa shape index (κ1) is 20.4. The van der Waals surface area contributed by atoms with Gasteiger partial charge in [0.2, 0.25) is 11.7 Å².